The van der Waals surface area contributed by atoms with Gasteiger partial charge in [-0.05, 0) is 83.5 Å². The van der Waals surface area contributed by atoms with Crippen LogP contribution in [0.4, 0.5) is 0 Å². The van der Waals surface area contributed by atoms with Crippen molar-refractivity contribution >= 4 is 17.9 Å². The molecule has 0 aliphatic rings. The molecule has 2 atom stereocenters. The molecule has 0 aromatic rings. The number of carboxylic acids is 1. The van der Waals surface area contributed by atoms with Crippen LogP contribution >= 0.6 is 0 Å². The van der Waals surface area contributed by atoms with Crippen LogP contribution in [-0.2, 0) is 33.3 Å². The quantitative estimate of drug-likeness (QED) is 0.0195. The summed E-state index contributed by atoms with van der Waals surface area (Å²) in [4.78, 5) is 37.2. The lowest BCUT2D eigenvalue weighted by Gasteiger charge is -2.26. The number of allylic oxidation sites excluding steroid dienone is 19. The summed E-state index contributed by atoms with van der Waals surface area (Å²) in [6.07, 6.45) is 78.8. The molecule has 0 saturated heterocycles. The van der Waals surface area contributed by atoms with Crippen LogP contribution in [0.3, 0.4) is 0 Å². The van der Waals surface area contributed by atoms with Crippen LogP contribution in [0.1, 0.15) is 232 Å². The molecule has 0 bridgehead atoms. The molecule has 0 fully saturated rings. The smallest absolute Gasteiger partial charge is 0.309 e. The normalized spacial score (nSPS) is 13.6. The molecule has 0 amide bonds. The maximum Gasteiger partial charge on any atom is 0.309 e. The standard InChI is InChI=1S/C68H113NO8/c1-6-8-10-12-14-16-18-20-22-23-24-25-26-27-28-29-30-31-32-33-34-35-36-37-38-39-40-41-42-43-45-47-49-51-53-55-57-59-66(71)77-64(63-76-68(67(72)73)74-61-60-69(3,4)5)62-75-65(70)58-56-54-52-50-48-46-44-21-19-17-15-13-11-9-7-2/h8-11,14-17,20-22,24-25,27-28,44,48,50,54,56,64,68H,6-7,12-13,18-19,23,26,29-43,45-47,49,51-53,55,57-63H2,1-5H3/b10-8-,11-9-,16-14-,17-15-,22-20-,25-24-,28-27-,44-21-,50-48-,56-54-. The topological polar surface area (TPSA) is 111 Å². The number of carbonyl (C=O) groups excluding carboxylic acids is 3. The largest absolute Gasteiger partial charge is 0.545 e. The van der Waals surface area contributed by atoms with E-state index in [1.165, 1.54) is 116 Å². The average Bonchev–Trinajstić information content (AvgIpc) is 3.40. The molecule has 77 heavy (non-hydrogen) atoms. The number of esters is 2. The van der Waals surface area contributed by atoms with Crippen molar-refractivity contribution < 1.29 is 42.9 Å². The van der Waals surface area contributed by atoms with Crippen LogP contribution in [0.25, 0.3) is 0 Å². The van der Waals surface area contributed by atoms with Crippen LogP contribution in [-0.4, -0.2) is 82.3 Å². The van der Waals surface area contributed by atoms with Crippen molar-refractivity contribution in [1.29, 1.82) is 0 Å². The first-order valence-electron chi connectivity index (χ1n) is 30.7. The second kappa shape index (κ2) is 57.9. The van der Waals surface area contributed by atoms with Gasteiger partial charge in [0.15, 0.2) is 12.4 Å². The second-order valence-electron chi connectivity index (χ2n) is 21.2. The zero-order valence-electron chi connectivity index (χ0n) is 49.8. The minimum atomic E-state index is -1.65. The molecule has 9 nitrogen and oxygen atoms in total. The van der Waals surface area contributed by atoms with Crippen molar-refractivity contribution in [2.45, 2.75) is 245 Å². The number of hydrogen-bond acceptors (Lipinski definition) is 8. The number of carbonyl (C=O) groups is 3. The van der Waals surface area contributed by atoms with Gasteiger partial charge in [0.2, 0.25) is 0 Å². The van der Waals surface area contributed by atoms with Gasteiger partial charge in [-0.15, -0.1) is 0 Å². The number of rotatable bonds is 55. The number of aliphatic carboxylic acids is 1. The summed E-state index contributed by atoms with van der Waals surface area (Å²) in [5.41, 5.74) is 0. The molecule has 0 rings (SSSR count). The lowest BCUT2D eigenvalue weighted by molar-refractivity contribution is -0.870. The Labute approximate surface area is 472 Å². The van der Waals surface area contributed by atoms with Gasteiger partial charge in [-0.2, -0.15) is 0 Å². The van der Waals surface area contributed by atoms with Crippen molar-refractivity contribution in [1.82, 2.24) is 0 Å². The minimum Gasteiger partial charge on any atom is -0.545 e. The van der Waals surface area contributed by atoms with Gasteiger partial charge in [0, 0.05) is 6.42 Å². The number of ether oxygens (including phenoxy) is 4. The molecule has 0 aromatic heterocycles. The molecular formula is C68H113NO8. The Balaban J connectivity index is 4.10. The molecule has 0 saturated carbocycles. The fraction of sp³-hybridized carbons (Fsp3) is 0.662. The van der Waals surface area contributed by atoms with E-state index in [4.69, 9.17) is 18.9 Å². The maximum atomic E-state index is 12.9. The molecule has 0 N–H and O–H groups in total. The van der Waals surface area contributed by atoms with Gasteiger partial charge in [-0.25, -0.2) is 0 Å². The van der Waals surface area contributed by atoms with Gasteiger partial charge in [-0.3, -0.25) is 9.59 Å². The number of nitrogens with zero attached hydrogens (tertiary/aromatic N) is 1. The molecule has 0 radical (unpaired) electrons. The fourth-order valence-corrected chi connectivity index (χ4v) is 8.11. The monoisotopic (exact) mass is 1070 g/mol. The highest BCUT2D eigenvalue weighted by Gasteiger charge is 2.21. The third-order valence-corrected chi connectivity index (χ3v) is 12.7. The Morgan fingerprint density at radius 1 is 0.403 bits per heavy atom. The Kier molecular flexibility index (Phi) is 54.6. The third kappa shape index (κ3) is 59.2. The van der Waals surface area contributed by atoms with E-state index in [0.717, 1.165) is 77.0 Å². The maximum absolute atomic E-state index is 12.9. The second-order valence-corrected chi connectivity index (χ2v) is 21.2. The molecule has 0 aromatic carbocycles. The summed E-state index contributed by atoms with van der Waals surface area (Å²) in [5, 5.41) is 11.8. The first-order valence-corrected chi connectivity index (χ1v) is 30.7. The van der Waals surface area contributed by atoms with Crippen molar-refractivity contribution in [3.8, 4) is 0 Å². The number of unbranched alkanes of at least 4 members (excludes halogenated alkanes) is 21. The zero-order valence-corrected chi connectivity index (χ0v) is 49.8. The van der Waals surface area contributed by atoms with E-state index in [-0.39, 0.29) is 32.7 Å². The lowest BCUT2D eigenvalue weighted by atomic mass is 10.0. The highest BCUT2D eigenvalue weighted by molar-refractivity contribution is 5.71. The fourth-order valence-electron chi connectivity index (χ4n) is 8.11. The van der Waals surface area contributed by atoms with Crippen molar-refractivity contribution in [3.63, 3.8) is 0 Å². The van der Waals surface area contributed by atoms with Gasteiger partial charge in [0.1, 0.15) is 13.2 Å². The van der Waals surface area contributed by atoms with Gasteiger partial charge in [0.25, 0.3) is 0 Å². The number of likely N-dealkylation sites (N-methyl/N-ethyl adjacent to an activating group) is 1. The third-order valence-electron chi connectivity index (χ3n) is 12.7. The van der Waals surface area contributed by atoms with Crippen LogP contribution in [0, 0.1) is 0 Å². The van der Waals surface area contributed by atoms with Crippen LogP contribution in [0.15, 0.2) is 122 Å². The molecule has 438 valence electrons. The summed E-state index contributed by atoms with van der Waals surface area (Å²) in [7, 11) is 5.89. The predicted molar refractivity (Wildman–Crippen MR) is 324 cm³/mol. The molecule has 9 heteroatoms. The molecule has 0 aliphatic heterocycles. The average molecular weight is 1070 g/mol. The van der Waals surface area contributed by atoms with E-state index in [0.29, 0.717) is 23.9 Å². The summed E-state index contributed by atoms with van der Waals surface area (Å²) in [5.74, 6) is -2.45. The summed E-state index contributed by atoms with van der Waals surface area (Å²) in [6.45, 7) is 4.40. The van der Waals surface area contributed by atoms with Gasteiger partial charge in [-0.1, -0.05) is 257 Å². The van der Waals surface area contributed by atoms with Crippen LogP contribution < -0.4 is 5.11 Å². The Bertz CT molecular complexity index is 1670. The summed E-state index contributed by atoms with van der Waals surface area (Å²) < 4.78 is 22.5. The van der Waals surface area contributed by atoms with E-state index in [1.54, 1.807) is 6.08 Å². The number of hydrogen-bond donors (Lipinski definition) is 0. The highest BCUT2D eigenvalue weighted by Crippen LogP contribution is 2.16. The van der Waals surface area contributed by atoms with Crippen molar-refractivity contribution in [2.24, 2.45) is 0 Å². The molecule has 0 aliphatic carbocycles. The predicted octanol–water partition coefficient (Wildman–Crippen LogP) is 17.1. The molecular weight excluding hydrogens is 959 g/mol. The minimum absolute atomic E-state index is 0.0565. The van der Waals surface area contributed by atoms with Gasteiger partial charge in [0.05, 0.1) is 46.7 Å². The SMILES string of the molecule is CC/C=C\C/C=C\C/C=C\C/C=C\C/C=C\CCCCCCCCCCCCCCCCCCCCCCCC(=O)OC(COC(=O)C/C=C\C/C=C\C/C=C\C/C=C\C/C=C\CC)COC(OCC[N+](C)(C)C)C(=O)[O-]. The molecule has 0 spiro atoms. The van der Waals surface area contributed by atoms with Crippen molar-refractivity contribution in [3.05, 3.63) is 122 Å². The Morgan fingerprint density at radius 3 is 1.10 bits per heavy atom. The van der Waals surface area contributed by atoms with Gasteiger partial charge >= 0.3 is 11.9 Å². The number of quaternary nitrogens is 1. The highest BCUT2D eigenvalue weighted by atomic mass is 16.7. The van der Waals surface area contributed by atoms with E-state index in [9.17, 15) is 19.5 Å². The first-order chi connectivity index (χ1) is 37.6. The van der Waals surface area contributed by atoms with E-state index >= 15 is 0 Å². The van der Waals surface area contributed by atoms with Gasteiger partial charge < -0.3 is 33.3 Å². The molecule has 0 heterocycles. The van der Waals surface area contributed by atoms with E-state index in [1.807, 2.05) is 33.3 Å². The summed E-state index contributed by atoms with van der Waals surface area (Å²) >= 11 is 0. The zero-order chi connectivity index (χ0) is 56.2. The molecule has 2 unspecified atom stereocenters. The van der Waals surface area contributed by atoms with Crippen molar-refractivity contribution in [2.75, 3.05) is 47.5 Å². The Hall–Kier alpha value is -4.31. The first kappa shape index (κ1) is 72.7. The van der Waals surface area contributed by atoms with Crippen LogP contribution in [0.2, 0.25) is 0 Å². The summed E-state index contributed by atoms with van der Waals surface area (Å²) in [6, 6.07) is 0. The number of carboxylic acid groups (broad SMARTS) is 1. The Morgan fingerprint density at radius 2 is 0.740 bits per heavy atom. The van der Waals surface area contributed by atoms with E-state index in [2.05, 4.69) is 117 Å². The van der Waals surface area contributed by atoms with E-state index < -0.39 is 30.3 Å². The van der Waals surface area contributed by atoms with Crippen LogP contribution in [0.5, 0.6) is 0 Å². The lowest BCUT2D eigenvalue weighted by Crippen LogP contribution is -2.44.